The lowest BCUT2D eigenvalue weighted by atomic mass is 9.47. The van der Waals surface area contributed by atoms with Crippen LogP contribution < -0.4 is 0 Å². The third kappa shape index (κ3) is 3.11. The Hall–Kier alpha value is -1.18. The van der Waals surface area contributed by atoms with Gasteiger partial charge >= 0.3 is 0 Å². The topological polar surface area (TPSA) is 34.1 Å². The van der Waals surface area contributed by atoms with E-state index in [0.717, 1.165) is 31.3 Å². The van der Waals surface area contributed by atoms with Crippen LogP contribution in [-0.4, -0.2) is 12.6 Å². The summed E-state index contributed by atoms with van der Waals surface area (Å²) in [5.74, 6) is 1.16. The van der Waals surface area contributed by atoms with Crippen LogP contribution in [0.3, 0.4) is 0 Å². The van der Waals surface area contributed by atoms with Crippen LogP contribution in [0.1, 0.15) is 65.7 Å². The molecule has 0 bridgehead atoms. The van der Waals surface area contributed by atoms with Crippen molar-refractivity contribution in [2.24, 2.45) is 22.7 Å². The summed E-state index contributed by atoms with van der Waals surface area (Å²) in [5.41, 5.74) is 2.63. The molecule has 122 valence electrons. The summed E-state index contributed by atoms with van der Waals surface area (Å²) < 4.78 is 0. The van der Waals surface area contributed by atoms with Gasteiger partial charge in [-0.05, 0) is 60.3 Å². The van der Waals surface area contributed by atoms with Gasteiger partial charge in [-0.3, -0.25) is 4.79 Å². The van der Waals surface area contributed by atoms with Gasteiger partial charge in [-0.2, -0.15) is 0 Å². The summed E-state index contributed by atoms with van der Waals surface area (Å²) in [6, 6.07) is 0. The first-order chi connectivity index (χ1) is 10.3. The molecule has 0 heterocycles. The van der Waals surface area contributed by atoms with E-state index in [1.54, 1.807) is 0 Å². The van der Waals surface area contributed by atoms with E-state index in [4.69, 9.17) is 0 Å². The number of hydrogen-bond acceptors (Lipinski definition) is 2. The van der Waals surface area contributed by atoms with E-state index < -0.39 is 0 Å². The number of hydrogen-bond donors (Lipinski definition) is 0. The van der Waals surface area contributed by atoms with Gasteiger partial charge in [0.15, 0.2) is 0 Å². The molecular formula is C20H30O2. The number of fused-ring (bicyclic) bond motifs is 1. The molecule has 2 heteroatoms. The molecule has 2 nitrogen and oxygen atoms in total. The third-order valence-electron chi connectivity index (χ3n) is 6.41. The zero-order chi connectivity index (χ0) is 16.4. The summed E-state index contributed by atoms with van der Waals surface area (Å²) in [7, 11) is 0. The number of carbonyl (C=O) groups excluding carboxylic acids is 2. The fourth-order valence-corrected chi connectivity index (χ4v) is 5.25. The summed E-state index contributed by atoms with van der Waals surface area (Å²) in [5, 5.41) is 0. The molecule has 0 spiro atoms. The first kappa shape index (κ1) is 17.2. The Morgan fingerprint density at radius 2 is 2.00 bits per heavy atom. The molecule has 2 saturated carbocycles. The highest BCUT2D eigenvalue weighted by molar-refractivity contribution is 5.78. The van der Waals surface area contributed by atoms with E-state index in [2.05, 4.69) is 27.4 Å². The minimum Gasteiger partial charge on any atom is -0.303 e. The van der Waals surface area contributed by atoms with Crippen LogP contribution in [-0.2, 0) is 9.59 Å². The van der Waals surface area contributed by atoms with E-state index in [1.807, 2.05) is 6.08 Å². The molecule has 0 aromatic heterocycles. The van der Waals surface area contributed by atoms with Crippen LogP contribution >= 0.6 is 0 Å². The molecule has 2 rings (SSSR count). The van der Waals surface area contributed by atoms with Crippen molar-refractivity contribution < 1.29 is 9.59 Å². The van der Waals surface area contributed by atoms with Crippen molar-refractivity contribution in [3.63, 3.8) is 0 Å². The third-order valence-corrected chi connectivity index (χ3v) is 6.41. The highest BCUT2D eigenvalue weighted by Crippen LogP contribution is 2.61. The van der Waals surface area contributed by atoms with Crippen LogP contribution in [0.4, 0.5) is 0 Å². The molecule has 0 unspecified atom stereocenters. The molecule has 0 aromatic carbocycles. The molecule has 0 radical (unpaired) electrons. The van der Waals surface area contributed by atoms with Crippen molar-refractivity contribution in [2.45, 2.75) is 65.7 Å². The highest BCUT2D eigenvalue weighted by atomic mass is 16.1. The van der Waals surface area contributed by atoms with Crippen molar-refractivity contribution in [1.29, 1.82) is 0 Å². The smallest absolute Gasteiger partial charge is 0.146 e. The second-order valence-corrected chi connectivity index (χ2v) is 8.15. The predicted molar refractivity (Wildman–Crippen MR) is 90.5 cm³/mol. The van der Waals surface area contributed by atoms with Gasteiger partial charge in [0.1, 0.15) is 12.6 Å². The number of rotatable bonds is 5. The molecule has 0 amide bonds. The largest absolute Gasteiger partial charge is 0.303 e. The zero-order valence-corrected chi connectivity index (χ0v) is 14.4. The monoisotopic (exact) mass is 302 g/mol. The zero-order valence-electron chi connectivity index (χ0n) is 14.4. The molecule has 0 saturated heterocycles. The fourth-order valence-electron chi connectivity index (χ4n) is 5.25. The molecule has 2 aliphatic carbocycles. The van der Waals surface area contributed by atoms with Crippen LogP contribution in [0, 0.1) is 22.7 Å². The van der Waals surface area contributed by atoms with E-state index in [0.29, 0.717) is 16.9 Å². The van der Waals surface area contributed by atoms with E-state index in [9.17, 15) is 9.59 Å². The van der Waals surface area contributed by atoms with Crippen molar-refractivity contribution >= 4 is 12.6 Å². The van der Waals surface area contributed by atoms with Gasteiger partial charge in [0.25, 0.3) is 0 Å². The number of carbonyl (C=O) groups is 2. The SMILES string of the molecule is C=C1CC[C@H]2C(C)(C)CCC[C@]2(C)[C@H]1C/C=C(\C=O)CC=O. The van der Waals surface area contributed by atoms with Gasteiger partial charge < -0.3 is 4.79 Å². The second-order valence-electron chi connectivity index (χ2n) is 8.15. The average Bonchev–Trinajstić information content (AvgIpc) is 2.44. The average molecular weight is 302 g/mol. The summed E-state index contributed by atoms with van der Waals surface area (Å²) in [6.07, 6.45) is 10.9. The van der Waals surface area contributed by atoms with Gasteiger partial charge in [0.05, 0.1) is 0 Å². The van der Waals surface area contributed by atoms with Crippen LogP contribution in [0.5, 0.6) is 0 Å². The van der Waals surface area contributed by atoms with Gasteiger partial charge in [-0.25, -0.2) is 0 Å². The predicted octanol–water partition coefficient (Wildman–Crippen LogP) is 4.89. The first-order valence-electron chi connectivity index (χ1n) is 8.60. The Labute approximate surface area is 135 Å². The van der Waals surface area contributed by atoms with Crippen LogP contribution in [0.25, 0.3) is 0 Å². The fraction of sp³-hybridized carbons (Fsp3) is 0.700. The molecule has 2 fully saturated rings. The lowest BCUT2D eigenvalue weighted by Gasteiger charge is -2.58. The van der Waals surface area contributed by atoms with Crippen molar-refractivity contribution in [1.82, 2.24) is 0 Å². The van der Waals surface area contributed by atoms with E-state index in [-0.39, 0.29) is 11.8 Å². The molecule has 2 aliphatic rings. The Bertz CT molecular complexity index is 486. The van der Waals surface area contributed by atoms with Crippen LogP contribution in [0.2, 0.25) is 0 Å². The number of allylic oxidation sites excluding steroid dienone is 3. The quantitative estimate of drug-likeness (QED) is 0.411. The maximum Gasteiger partial charge on any atom is 0.146 e. The van der Waals surface area contributed by atoms with Gasteiger partial charge in [0.2, 0.25) is 0 Å². The Balaban J connectivity index is 2.26. The Morgan fingerprint density at radius 1 is 1.27 bits per heavy atom. The molecular weight excluding hydrogens is 272 g/mol. The molecule has 3 atom stereocenters. The maximum absolute atomic E-state index is 11.1. The normalized spacial score (nSPS) is 34.9. The summed E-state index contributed by atoms with van der Waals surface area (Å²) >= 11 is 0. The lowest BCUT2D eigenvalue weighted by molar-refractivity contribution is -0.109. The molecule has 0 N–H and O–H groups in total. The van der Waals surface area contributed by atoms with Gasteiger partial charge in [-0.15, -0.1) is 0 Å². The maximum atomic E-state index is 11.1. The van der Waals surface area contributed by atoms with Gasteiger partial charge in [-0.1, -0.05) is 45.4 Å². The first-order valence-corrected chi connectivity index (χ1v) is 8.60. The van der Waals surface area contributed by atoms with Crippen LogP contribution in [0.15, 0.2) is 23.8 Å². The van der Waals surface area contributed by atoms with Crippen molar-refractivity contribution in [2.75, 3.05) is 0 Å². The minimum absolute atomic E-state index is 0.230. The van der Waals surface area contributed by atoms with E-state index in [1.165, 1.54) is 31.3 Å². The van der Waals surface area contributed by atoms with Gasteiger partial charge in [0, 0.05) is 6.42 Å². The Kier molecular flexibility index (Phi) is 5.09. The minimum atomic E-state index is 0.230. The van der Waals surface area contributed by atoms with E-state index >= 15 is 0 Å². The molecule has 0 aromatic rings. The summed E-state index contributed by atoms with van der Waals surface area (Å²) in [6.45, 7) is 11.6. The summed E-state index contributed by atoms with van der Waals surface area (Å²) in [4.78, 5) is 21.7. The highest BCUT2D eigenvalue weighted by Gasteiger charge is 2.52. The second kappa shape index (κ2) is 6.52. The molecule has 22 heavy (non-hydrogen) atoms. The van der Waals surface area contributed by atoms with Crippen molar-refractivity contribution in [3.05, 3.63) is 23.8 Å². The van der Waals surface area contributed by atoms with Crippen molar-refractivity contribution in [3.8, 4) is 0 Å². The standard InChI is InChI=1S/C20H30O2/c1-15-6-9-18-19(2,3)11-5-12-20(18,4)17(15)8-7-16(14-22)10-13-21/h7,13-14,17-18H,1,5-6,8-12H2,2-4H3/b16-7-/t17-,18-,20+/m0/s1. The Morgan fingerprint density at radius 3 is 2.64 bits per heavy atom. The number of aldehydes is 2. The lowest BCUT2D eigenvalue weighted by Crippen LogP contribution is -2.49. The molecule has 0 aliphatic heterocycles.